The molecule has 0 bridgehead atoms. The minimum Gasteiger partial charge on any atom is -0.0654 e. The highest BCUT2D eigenvalue weighted by atomic mass is 14.1. The Morgan fingerprint density at radius 3 is 0.714 bits per heavy atom. The van der Waals surface area contributed by atoms with Gasteiger partial charge in [0.1, 0.15) is 0 Å². The van der Waals surface area contributed by atoms with E-state index in [2.05, 4.69) is 34.6 Å². The Kier molecular flexibility index (Phi) is 28.6. The molecule has 0 spiro atoms. The fourth-order valence-corrected chi connectivity index (χ4v) is 5.85. The molecule has 212 valence electrons. The van der Waals surface area contributed by atoms with Gasteiger partial charge in [-0.05, 0) is 17.8 Å². The Labute approximate surface area is 225 Å². The van der Waals surface area contributed by atoms with Crippen LogP contribution in [0, 0.1) is 17.8 Å². The predicted molar refractivity (Wildman–Crippen MR) is 163 cm³/mol. The van der Waals surface area contributed by atoms with E-state index in [0.717, 1.165) is 17.8 Å². The molecule has 0 aromatic rings. The largest absolute Gasteiger partial charge is 0.0654 e. The Morgan fingerprint density at radius 1 is 0.257 bits per heavy atom. The lowest BCUT2D eigenvalue weighted by Gasteiger charge is -2.16. The van der Waals surface area contributed by atoms with Gasteiger partial charge >= 0.3 is 0 Å². The summed E-state index contributed by atoms with van der Waals surface area (Å²) < 4.78 is 0. The van der Waals surface area contributed by atoms with Crippen molar-refractivity contribution in [3.63, 3.8) is 0 Å². The van der Waals surface area contributed by atoms with Crippen LogP contribution in [0.3, 0.4) is 0 Å². The zero-order valence-electron chi connectivity index (χ0n) is 25.8. The molecule has 0 fully saturated rings. The van der Waals surface area contributed by atoms with E-state index < -0.39 is 0 Å². The second kappa shape index (κ2) is 28.6. The van der Waals surface area contributed by atoms with Crippen LogP contribution >= 0.6 is 0 Å². The van der Waals surface area contributed by atoms with Crippen molar-refractivity contribution in [2.75, 3.05) is 0 Å². The maximum Gasteiger partial charge on any atom is -0.0443 e. The van der Waals surface area contributed by atoms with Crippen LogP contribution in [0.1, 0.15) is 208 Å². The van der Waals surface area contributed by atoms with Crippen LogP contribution in [0.5, 0.6) is 0 Å². The first-order valence-electron chi connectivity index (χ1n) is 17.1. The van der Waals surface area contributed by atoms with Crippen molar-refractivity contribution in [1.29, 1.82) is 0 Å². The Bertz CT molecular complexity index is 372. The van der Waals surface area contributed by atoms with E-state index >= 15 is 0 Å². The molecule has 35 heavy (non-hydrogen) atoms. The zero-order chi connectivity index (χ0) is 25.8. The number of unbranched alkanes of at least 4 members (excludes halogenated alkanes) is 17. The highest BCUT2D eigenvalue weighted by molar-refractivity contribution is 4.61. The second-order valence-corrected chi connectivity index (χ2v) is 12.8. The van der Waals surface area contributed by atoms with Crippen molar-refractivity contribution in [1.82, 2.24) is 0 Å². The Balaban J connectivity index is 3.38. The molecule has 0 nitrogen and oxygen atoms in total. The van der Waals surface area contributed by atoms with Gasteiger partial charge in [0.05, 0.1) is 0 Å². The van der Waals surface area contributed by atoms with Crippen molar-refractivity contribution in [3.8, 4) is 0 Å². The first kappa shape index (κ1) is 35.0. The van der Waals surface area contributed by atoms with Crippen LogP contribution < -0.4 is 0 Å². The van der Waals surface area contributed by atoms with Crippen molar-refractivity contribution in [3.05, 3.63) is 0 Å². The van der Waals surface area contributed by atoms with Crippen LogP contribution in [-0.2, 0) is 0 Å². The van der Waals surface area contributed by atoms with E-state index in [1.54, 1.807) is 0 Å². The molecule has 0 aliphatic rings. The standard InChI is InChI=1S/C35H72/c1-6-8-10-12-14-15-16-17-18-20-22-24-28-34(4)30-26-32-35(5)31-25-29-33(3)27-23-21-19-13-11-9-7-2/h33-35H,6-32H2,1-5H3. The van der Waals surface area contributed by atoms with Gasteiger partial charge in [-0.25, -0.2) is 0 Å². The molecule has 0 aliphatic heterocycles. The third-order valence-corrected chi connectivity index (χ3v) is 8.64. The van der Waals surface area contributed by atoms with Crippen molar-refractivity contribution >= 4 is 0 Å². The van der Waals surface area contributed by atoms with Gasteiger partial charge in [-0.15, -0.1) is 0 Å². The van der Waals surface area contributed by atoms with E-state index in [1.165, 1.54) is 173 Å². The first-order chi connectivity index (χ1) is 17.1. The van der Waals surface area contributed by atoms with Crippen molar-refractivity contribution in [2.24, 2.45) is 17.8 Å². The molecule has 0 N–H and O–H groups in total. The summed E-state index contributed by atoms with van der Waals surface area (Å²) >= 11 is 0. The zero-order valence-corrected chi connectivity index (χ0v) is 25.8. The summed E-state index contributed by atoms with van der Waals surface area (Å²) in [6.45, 7) is 12.1. The topological polar surface area (TPSA) is 0 Å². The second-order valence-electron chi connectivity index (χ2n) is 12.8. The third kappa shape index (κ3) is 28.4. The maximum atomic E-state index is 2.51. The molecule has 3 unspecified atom stereocenters. The molecule has 0 heterocycles. The quantitative estimate of drug-likeness (QED) is 0.0910. The normalized spacial score (nSPS) is 14.3. The van der Waals surface area contributed by atoms with E-state index in [-0.39, 0.29) is 0 Å². The van der Waals surface area contributed by atoms with Crippen LogP contribution in [0.25, 0.3) is 0 Å². The van der Waals surface area contributed by atoms with Gasteiger partial charge in [0.15, 0.2) is 0 Å². The monoisotopic (exact) mass is 493 g/mol. The van der Waals surface area contributed by atoms with Crippen LogP contribution in [0.15, 0.2) is 0 Å². The number of rotatable bonds is 29. The molecule has 0 heteroatoms. The minimum absolute atomic E-state index is 0.944. The van der Waals surface area contributed by atoms with E-state index in [9.17, 15) is 0 Å². The SMILES string of the molecule is CCCCCCCCCCCCCCC(C)CCCC(C)CCCC(C)CCCCCCCCC. The summed E-state index contributed by atoms with van der Waals surface area (Å²) in [7, 11) is 0. The lowest BCUT2D eigenvalue weighted by atomic mass is 9.90. The van der Waals surface area contributed by atoms with E-state index in [4.69, 9.17) is 0 Å². The van der Waals surface area contributed by atoms with Gasteiger partial charge in [-0.2, -0.15) is 0 Å². The van der Waals surface area contributed by atoms with Crippen molar-refractivity contribution < 1.29 is 0 Å². The van der Waals surface area contributed by atoms with Crippen LogP contribution in [0.2, 0.25) is 0 Å². The lowest BCUT2D eigenvalue weighted by molar-refractivity contribution is 0.373. The first-order valence-corrected chi connectivity index (χ1v) is 17.1. The molecule has 0 aliphatic carbocycles. The average molecular weight is 493 g/mol. The molecule has 0 saturated carbocycles. The summed E-state index contributed by atoms with van der Waals surface area (Å²) in [5, 5.41) is 0. The summed E-state index contributed by atoms with van der Waals surface area (Å²) in [6.07, 6.45) is 39.5. The fraction of sp³-hybridized carbons (Fsp3) is 1.00. The molecule has 0 aromatic carbocycles. The smallest absolute Gasteiger partial charge is 0.0443 e. The molecule has 0 radical (unpaired) electrons. The Hall–Kier alpha value is 0. The molecule has 0 amide bonds. The highest BCUT2D eigenvalue weighted by Gasteiger charge is 2.08. The fourth-order valence-electron chi connectivity index (χ4n) is 5.85. The molecular weight excluding hydrogens is 420 g/mol. The molecule has 3 atom stereocenters. The van der Waals surface area contributed by atoms with Gasteiger partial charge in [-0.1, -0.05) is 208 Å². The van der Waals surface area contributed by atoms with E-state index in [0.29, 0.717) is 0 Å². The highest BCUT2D eigenvalue weighted by Crippen LogP contribution is 2.23. The lowest BCUT2D eigenvalue weighted by Crippen LogP contribution is -2.01. The number of hydrogen-bond acceptors (Lipinski definition) is 0. The Morgan fingerprint density at radius 2 is 0.457 bits per heavy atom. The molecule has 0 aromatic heterocycles. The summed E-state index contributed by atoms with van der Waals surface area (Å²) in [6, 6.07) is 0. The van der Waals surface area contributed by atoms with Crippen LogP contribution in [0.4, 0.5) is 0 Å². The minimum atomic E-state index is 0.944. The molecular formula is C35H72. The maximum absolute atomic E-state index is 2.51. The van der Waals surface area contributed by atoms with Gasteiger partial charge < -0.3 is 0 Å². The average Bonchev–Trinajstić information content (AvgIpc) is 2.84. The van der Waals surface area contributed by atoms with Crippen LogP contribution in [-0.4, -0.2) is 0 Å². The van der Waals surface area contributed by atoms with E-state index in [1.807, 2.05) is 0 Å². The predicted octanol–water partition coefficient (Wildman–Crippen LogP) is 13.5. The van der Waals surface area contributed by atoms with Gasteiger partial charge in [0.25, 0.3) is 0 Å². The van der Waals surface area contributed by atoms with Gasteiger partial charge in [-0.3, -0.25) is 0 Å². The van der Waals surface area contributed by atoms with Crippen molar-refractivity contribution in [2.45, 2.75) is 208 Å². The molecule has 0 rings (SSSR count). The third-order valence-electron chi connectivity index (χ3n) is 8.64. The number of hydrogen-bond donors (Lipinski definition) is 0. The van der Waals surface area contributed by atoms with Gasteiger partial charge in [0.2, 0.25) is 0 Å². The van der Waals surface area contributed by atoms with Gasteiger partial charge in [0, 0.05) is 0 Å². The summed E-state index contributed by atoms with van der Waals surface area (Å²) in [4.78, 5) is 0. The molecule has 0 saturated heterocycles. The summed E-state index contributed by atoms with van der Waals surface area (Å²) in [5.41, 5.74) is 0. The summed E-state index contributed by atoms with van der Waals surface area (Å²) in [5.74, 6) is 2.85.